The lowest BCUT2D eigenvalue weighted by Gasteiger charge is -2.45. The number of carbonyl (C=O) groups is 1. The number of piperidine rings is 1. The van der Waals surface area contributed by atoms with Crippen LogP contribution in [0.5, 0.6) is 5.75 Å². The molecule has 0 saturated carbocycles. The van der Waals surface area contributed by atoms with Crippen molar-refractivity contribution < 1.29 is 32.2 Å². The van der Waals surface area contributed by atoms with Crippen LogP contribution in [0.25, 0.3) is 11.4 Å². The van der Waals surface area contributed by atoms with E-state index >= 15 is 0 Å². The van der Waals surface area contributed by atoms with E-state index in [4.69, 9.17) is 14.2 Å². The van der Waals surface area contributed by atoms with E-state index in [0.717, 1.165) is 31.5 Å². The molecule has 11 nitrogen and oxygen atoms in total. The standard InChI is InChI=1S/C27H28F3N7O4/c1-26(2)40-15-20(41-26)14-39-19-10-32-24(33-11-19)35-25(38)37-18-7-4-8-36(13-18)21-12-31-22(34-23(21)37)16-5-3-6-17(9-16)27(28,29)30/h3,5-6,9-12,18,20H,4,7-8,13-15H2,1-2H3,(H,32,33,35,38)/t18-,20+/m0/s1. The van der Waals surface area contributed by atoms with Crippen LogP contribution in [0.4, 0.5) is 35.4 Å². The highest BCUT2D eigenvalue weighted by molar-refractivity contribution is 6.03. The van der Waals surface area contributed by atoms with E-state index in [2.05, 4.69) is 30.2 Å². The molecule has 5 heterocycles. The van der Waals surface area contributed by atoms with Crippen LogP contribution >= 0.6 is 0 Å². The first-order valence-corrected chi connectivity index (χ1v) is 13.2. The average molecular weight is 572 g/mol. The number of ether oxygens (including phenoxy) is 3. The molecule has 2 bridgehead atoms. The fourth-order valence-electron chi connectivity index (χ4n) is 5.21. The first kappa shape index (κ1) is 27.1. The summed E-state index contributed by atoms with van der Waals surface area (Å²) in [6.07, 6.45) is 1.33. The molecule has 0 unspecified atom stereocenters. The Bertz CT molecular complexity index is 1440. The number of anilines is 3. The molecule has 0 radical (unpaired) electrons. The molecular weight excluding hydrogens is 543 g/mol. The van der Waals surface area contributed by atoms with E-state index in [1.165, 1.54) is 29.4 Å². The highest BCUT2D eigenvalue weighted by atomic mass is 19.4. The molecular formula is C27H28F3N7O4. The maximum absolute atomic E-state index is 13.6. The number of rotatable bonds is 5. The van der Waals surface area contributed by atoms with Crippen molar-refractivity contribution in [2.24, 2.45) is 0 Å². The molecule has 1 N–H and O–H groups in total. The SMILES string of the molecule is CC1(C)OC[C@@H](COc2cnc(NC(=O)N3c4nc(-c5cccc(C(F)(F)F)c5)ncc4N4CCC[C@H]3C4)nc2)O1. The first-order chi connectivity index (χ1) is 19.6. The minimum atomic E-state index is -4.50. The topological polar surface area (TPSA) is 115 Å². The molecule has 3 aromatic rings. The van der Waals surface area contributed by atoms with E-state index in [1.54, 1.807) is 6.20 Å². The summed E-state index contributed by atoms with van der Waals surface area (Å²) in [5, 5.41) is 2.72. The summed E-state index contributed by atoms with van der Waals surface area (Å²) in [4.78, 5) is 34.5. The lowest BCUT2D eigenvalue weighted by atomic mass is 10.0. The number of carbonyl (C=O) groups excluding carboxylic acids is 1. The lowest BCUT2D eigenvalue weighted by Crippen LogP contribution is -2.56. The first-order valence-electron chi connectivity index (χ1n) is 13.2. The van der Waals surface area contributed by atoms with Gasteiger partial charge in [0.05, 0.1) is 42.5 Å². The Labute approximate surface area is 233 Å². The number of nitrogens with one attached hydrogen (secondary N) is 1. The molecule has 41 heavy (non-hydrogen) atoms. The summed E-state index contributed by atoms with van der Waals surface area (Å²) in [7, 11) is 0. The summed E-state index contributed by atoms with van der Waals surface area (Å²) < 4.78 is 56.9. The Morgan fingerprint density at radius 2 is 2.00 bits per heavy atom. The van der Waals surface area contributed by atoms with Gasteiger partial charge < -0.3 is 19.1 Å². The zero-order chi connectivity index (χ0) is 28.8. The van der Waals surface area contributed by atoms with Gasteiger partial charge in [-0.3, -0.25) is 10.2 Å². The number of urea groups is 1. The largest absolute Gasteiger partial charge is 0.488 e. The van der Waals surface area contributed by atoms with Crippen LogP contribution in [-0.4, -0.2) is 70.2 Å². The molecule has 14 heteroatoms. The third-order valence-electron chi connectivity index (χ3n) is 7.10. The molecule has 2 saturated heterocycles. The van der Waals surface area contributed by atoms with Gasteiger partial charge in [0.2, 0.25) is 5.95 Å². The zero-order valence-electron chi connectivity index (χ0n) is 22.4. The number of halogens is 3. The zero-order valence-corrected chi connectivity index (χ0v) is 22.4. The number of fused-ring (bicyclic) bond motifs is 4. The van der Waals surface area contributed by atoms with Gasteiger partial charge in [0.25, 0.3) is 0 Å². The van der Waals surface area contributed by atoms with Crippen molar-refractivity contribution in [1.82, 2.24) is 19.9 Å². The Hall–Kier alpha value is -4.04. The van der Waals surface area contributed by atoms with Crippen molar-refractivity contribution in [3.05, 3.63) is 48.4 Å². The van der Waals surface area contributed by atoms with Crippen molar-refractivity contribution in [2.45, 2.75) is 50.8 Å². The number of hydrogen-bond acceptors (Lipinski definition) is 9. The molecule has 216 valence electrons. The van der Waals surface area contributed by atoms with Crippen molar-refractivity contribution in [3.63, 3.8) is 0 Å². The van der Waals surface area contributed by atoms with E-state index in [0.29, 0.717) is 30.4 Å². The predicted octanol–water partition coefficient (Wildman–Crippen LogP) is 4.50. The smallest absolute Gasteiger partial charge is 0.416 e. The average Bonchev–Trinajstić information content (AvgIpc) is 3.30. The molecule has 2 atom stereocenters. The van der Waals surface area contributed by atoms with Crippen molar-refractivity contribution in [1.29, 1.82) is 0 Å². The normalized spacial score (nSPS) is 21.4. The van der Waals surface area contributed by atoms with Gasteiger partial charge in [-0.15, -0.1) is 0 Å². The van der Waals surface area contributed by atoms with E-state index in [1.807, 2.05) is 13.8 Å². The van der Waals surface area contributed by atoms with Gasteiger partial charge in [-0.05, 0) is 38.8 Å². The minimum absolute atomic E-state index is 0.0656. The molecule has 1 aromatic carbocycles. The Balaban J connectivity index is 1.21. The number of alkyl halides is 3. The Kier molecular flexibility index (Phi) is 6.90. The van der Waals surface area contributed by atoms with Gasteiger partial charge >= 0.3 is 12.2 Å². The lowest BCUT2D eigenvalue weighted by molar-refractivity contribution is -0.141. The van der Waals surface area contributed by atoms with Crippen molar-refractivity contribution >= 4 is 23.5 Å². The molecule has 6 rings (SSSR count). The summed E-state index contributed by atoms with van der Waals surface area (Å²) in [5.74, 6) is 0.228. The third kappa shape index (κ3) is 5.75. The maximum Gasteiger partial charge on any atom is 0.416 e. The van der Waals surface area contributed by atoms with Gasteiger partial charge in [-0.25, -0.2) is 24.7 Å². The number of nitrogens with zero attached hydrogens (tertiary/aromatic N) is 6. The van der Waals surface area contributed by atoms with Crippen LogP contribution in [0.2, 0.25) is 0 Å². The molecule has 2 amide bonds. The molecule has 0 spiro atoms. The molecule has 3 aliphatic heterocycles. The molecule has 3 aliphatic rings. The fourth-order valence-corrected chi connectivity index (χ4v) is 5.21. The van der Waals surface area contributed by atoms with Crippen molar-refractivity contribution in [2.75, 3.05) is 41.4 Å². The highest BCUT2D eigenvalue weighted by Crippen LogP contribution is 2.39. The summed E-state index contributed by atoms with van der Waals surface area (Å²) in [6, 6.07) is 4.12. The number of benzene rings is 1. The van der Waals surface area contributed by atoms with Gasteiger partial charge in [0.15, 0.2) is 23.2 Å². The van der Waals surface area contributed by atoms with Crippen molar-refractivity contribution in [3.8, 4) is 17.1 Å². The van der Waals surface area contributed by atoms with Crippen LogP contribution in [-0.2, 0) is 15.7 Å². The molecule has 2 fully saturated rings. The summed E-state index contributed by atoms with van der Waals surface area (Å²) in [6.45, 7) is 5.69. The molecule has 0 aliphatic carbocycles. The predicted molar refractivity (Wildman–Crippen MR) is 142 cm³/mol. The number of aromatic nitrogens is 4. The number of amides is 2. The second-order valence-electron chi connectivity index (χ2n) is 10.5. The second-order valence-corrected chi connectivity index (χ2v) is 10.5. The van der Waals surface area contributed by atoms with E-state index in [-0.39, 0.29) is 36.1 Å². The summed E-state index contributed by atoms with van der Waals surface area (Å²) in [5.41, 5.74) is 0.0348. The highest BCUT2D eigenvalue weighted by Gasteiger charge is 2.39. The maximum atomic E-state index is 13.6. The van der Waals surface area contributed by atoms with Crippen LogP contribution in [0.3, 0.4) is 0 Å². The monoisotopic (exact) mass is 571 g/mol. The second kappa shape index (κ2) is 10.4. The van der Waals surface area contributed by atoms with Crippen LogP contribution < -0.4 is 19.9 Å². The minimum Gasteiger partial charge on any atom is -0.488 e. The van der Waals surface area contributed by atoms with Gasteiger partial charge in [0.1, 0.15) is 12.7 Å². The van der Waals surface area contributed by atoms with Gasteiger partial charge in [-0.1, -0.05) is 12.1 Å². The third-order valence-corrected chi connectivity index (χ3v) is 7.10. The Morgan fingerprint density at radius 3 is 2.73 bits per heavy atom. The fraction of sp³-hybridized carbons (Fsp3) is 0.444. The number of hydrogen-bond donors (Lipinski definition) is 1. The summed E-state index contributed by atoms with van der Waals surface area (Å²) >= 11 is 0. The Morgan fingerprint density at radius 1 is 1.20 bits per heavy atom. The molecule has 2 aromatic heterocycles. The van der Waals surface area contributed by atoms with Gasteiger partial charge in [-0.2, -0.15) is 13.2 Å². The van der Waals surface area contributed by atoms with Crippen LogP contribution in [0, 0.1) is 0 Å². The van der Waals surface area contributed by atoms with E-state index < -0.39 is 23.6 Å². The van der Waals surface area contributed by atoms with E-state index in [9.17, 15) is 18.0 Å². The van der Waals surface area contributed by atoms with Crippen LogP contribution in [0.1, 0.15) is 32.3 Å². The van der Waals surface area contributed by atoms with Gasteiger partial charge in [0, 0.05) is 18.7 Å². The van der Waals surface area contributed by atoms with Crippen LogP contribution in [0.15, 0.2) is 42.9 Å². The quantitative estimate of drug-likeness (QED) is 0.473.